The minimum atomic E-state index is -0.349. The number of rotatable bonds is 4. The number of amides is 1. The van der Waals surface area contributed by atoms with Gasteiger partial charge >= 0.3 is 0 Å². The van der Waals surface area contributed by atoms with Crippen LogP contribution in [0.25, 0.3) is 22.3 Å². The van der Waals surface area contributed by atoms with E-state index in [1.54, 1.807) is 30.5 Å². The Morgan fingerprint density at radius 2 is 1.59 bits per heavy atom. The molecule has 29 heavy (non-hydrogen) atoms. The molecule has 0 saturated heterocycles. The summed E-state index contributed by atoms with van der Waals surface area (Å²) in [7, 11) is 0. The number of pyridine rings is 1. The second-order valence-corrected chi connectivity index (χ2v) is 6.79. The Morgan fingerprint density at radius 3 is 2.38 bits per heavy atom. The molecule has 1 N–H and O–H groups in total. The highest BCUT2D eigenvalue weighted by atomic mass is 19.1. The number of benzene rings is 3. The first-order valence-corrected chi connectivity index (χ1v) is 9.29. The lowest BCUT2D eigenvalue weighted by atomic mass is 10.0. The van der Waals surface area contributed by atoms with Gasteiger partial charge in [0, 0.05) is 29.2 Å². The summed E-state index contributed by atoms with van der Waals surface area (Å²) in [6.45, 7) is 1.94. The number of nitrogens with zero attached hydrogens (tertiary/aromatic N) is 1. The largest absolute Gasteiger partial charge is 0.322 e. The van der Waals surface area contributed by atoms with Crippen molar-refractivity contribution < 1.29 is 9.18 Å². The molecule has 0 bridgehead atoms. The Balaban J connectivity index is 1.62. The molecule has 0 aliphatic carbocycles. The van der Waals surface area contributed by atoms with Crippen molar-refractivity contribution in [3.8, 4) is 22.3 Å². The van der Waals surface area contributed by atoms with Crippen molar-refractivity contribution in [1.82, 2.24) is 4.98 Å². The van der Waals surface area contributed by atoms with Crippen LogP contribution >= 0.6 is 0 Å². The monoisotopic (exact) mass is 382 g/mol. The highest BCUT2D eigenvalue weighted by Gasteiger charge is 2.12. The molecule has 4 aromatic rings. The fraction of sp³-hybridized carbons (Fsp3) is 0.0400. The molecular formula is C25H19FN2O. The van der Waals surface area contributed by atoms with E-state index in [2.05, 4.69) is 10.3 Å². The summed E-state index contributed by atoms with van der Waals surface area (Å²) < 4.78 is 14.1. The molecule has 3 aromatic carbocycles. The van der Waals surface area contributed by atoms with E-state index in [0.717, 1.165) is 22.4 Å². The van der Waals surface area contributed by atoms with Crippen LogP contribution in [0.3, 0.4) is 0 Å². The first kappa shape index (κ1) is 18.6. The van der Waals surface area contributed by atoms with Crippen LogP contribution in [0.1, 0.15) is 15.9 Å². The summed E-state index contributed by atoms with van der Waals surface area (Å²) in [5.41, 5.74) is 5.12. The lowest BCUT2D eigenvalue weighted by Crippen LogP contribution is -2.13. The molecular weight excluding hydrogens is 363 g/mol. The summed E-state index contributed by atoms with van der Waals surface area (Å²) >= 11 is 0. The molecule has 4 heteroatoms. The van der Waals surface area contributed by atoms with Gasteiger partial charge in [-0.1, -0.05) is 60.7 Å². The van der Waals surface area contributed by atoms with Gasteiger partial charge in [-0.2, -0.15) is 0 Å². The van der Waals surface area contributed by atoms with E-state index in [0.29, 0.717) is 16.7 Å². The highest BCUT2D eigenvalue weighted by molar-refractivity contribution is 6.05. The van der Waals surface area contributed by atoms with E-state index < -0.39 is 0 Å². The molecule has 1 amide bonds. The van der Waals surface area contributed by atoms with Gasteiger partial charge in [0.15, 0.2) is 0 Å². The van der Waals surface area contributed by atoms with Gasteiger partial charge in [0.25, 0.3) is 5.91 Å². The summed E-state index contributed by atoms with van der Waals surface area (Å²) in [4.78, 5) is 17.0. The quantitative estimate of drug-likeness (QED) is 0.462. The van der Waals surface area contributed by atoms with E-state index in [4.69, 9.17) is 0 Å². The van der Waals surface area contributed by atoms with Gasteiger partial charge in [-0.3, -0.25) is 9.78 Å². The first-order chi connectivity index (χ1) is 14.1. The third kappa shape index (κ3) is 4.06. The predicted molar refractivity (Wildman–Crippen MR) is 114 cm³/mol. The van der Waals surface area contributed by atoms with Crippen molar-refractivity contribution in [2.24, 2.45) is 0 Å². The molecule has 4 rings (SSSR count). The average molecular weight is 382 g/mol. The van der Waals surface area contributed by atoms with Crippen LogP contribution < -0.4 is 5.32 Å². The van der Waals surface area contributed by atoms with Crippen molar-refractivity contribution in [1.29, 1.82) is 0 Å². The van der Waals surface area contributed by atoms with Crippen LogP contribution in [-0.2, 0) is 0 Å². The van der Waals surface area contributed by atoms with Crippen LogP contribution in [0.2, 0.25) is 0 Å². The van der Waals surface area contributed by atoms with Crippen LogP contribution in [-0.4, -0.2) is 10.9 Å². The minimum absolute atomic E-state index is 0.288. The van der Waals surface area contributed by atoms with Crippen LogP contribution in [0.15, 0.2) is 91.3 Å². The Labute approximate surface area is 168 Å². The molecule has 0 aliphatic heterocycles. The first-order valence-electron chi connectivity index (χ1n) is 9.29. The number of aryl methyl sites for hydroxylation is 1. The molecule has 0 saturated carbocycles. The van der Waals surface area contributed by atoms with Crippen molar-refractivity contribution >= 4 is 11.6 Å². The number of anilines is 1. The van der Waals surface area contributed by atoms with Gasteiger partial charge in [0.2, 0.25) is 0 Å². The van der Waals surface area contributed by atoms with Crippen LogP contribution in [0.4, 0.5) is 10.1 Å². The predicted octanol–water partition coefficient (Wildman–Crippen LogP) is 6.12. The maximum absolute atomic E-state index is 14.1. The van der Waals surface area contributed by atoms with Crippen molar-refractivity contribution in [3.05, 3.63) is 108 Å². The molecule has 0 unspecified atom stereocenters. The number of halogens is 1. The maximum atomic E-state index is 14.1. The molecule has 142 valence electrons. The van der Waals surface area contributed by atoms with Crippen molar-refractivity contribution in [2.45, 2.75) is 6.92 Å². The number of nitrogens with one attached hydrogen (secondary N) is 1. The van der Waals surface area contributed by atoms with E-state index in [1.807, 2.05) is 55.5 Å². The Bertz CT molecular complexity index is 1170. The Kier molecular flexibility index (Phi) is 5.16. The number of carbonyl (C=O) groups excluding carboxylic acids is 1. The SMILES string of the molecule is Cc1ccc(-c2ccccc2)cc1NC(=O)c1cncc(-c2ccccc2F)c1. The molecule has 0 fully saturated rings. The Hall–Kier alpha value is -3.79. The summed E-state index contributed by atoms with van der Waals surface area (Å²) in [6.07, 6.45) is 3.03. The topological polar surface area (TPSA) is 42.0 Å². The van der Waals surface area contributed by atoms with Crippen molar-refractivity contribution in [2.75, 3.05) is 5.32 Å². The number of hydrogen-bond acceptors (Lipinski definition) is 2. The van der Waals surface area contributed by atoms with Crippen LogP contribution in [0, 0.1) is 12.7 Å². The van der Waals surface area contributed by atoms with E-state index >= 15 is 0 Å². The van der Waals surface area contributed by atoms with E-state index in [-0.39, 0.29) is 11.7 Å². The molecule has 0 aliphatic rings. The lowest BCUT2D eigenvalue weighted by Gasteiger charge is -2.12. The molecule has 0 radical (unpaired) electrons. The zero-order valence-corrected chi connectivity index (χ0v) is 15.9. The summed E-state index contributed by atoms with van der Waals surface area (Å²) in [5.74, 6) is -0.637. The molecule has 1 heterocycles. The third-order valence-electron chi connectivity index (χ3n) is 4.78. The third-order valence-corrected chi connectivity index (χ3v) is 4.78. The standard InChI is InChI=1S/C25H19FN2O/c1-17-11-12-19(18-7-3-2-4-8-18)14-24(17)28-25(29)21-13-20(15-27-16-21)22-9-5-6-10-23(22)26/h2-16H,1H3,(H,28,29). The Morgan fingerprint density at radius 1 is 0.828 bits per heavy atom. The summed E-state index contributed by atoms with van der Waals surface area (Å²) in [6, 6.07) is 24.0. The molecule has 3 nitrogen and oxygen atoms in total. The zero-order valence-electron chi connectivity index (χ0n) is 15.9. The van der Waals surface area contributed by atoms with Gasteiger partial charge < -0.3 is 5.32 Å². The fourth-order valence-corrected chi connectivity index (χ4v) is 3.17. The van der Waals surface area contributed by atoms with Crippen LogP contribution in [0.5, 0.6) is 0 Å². The average Bonchev–Trinajstić information content (AvgIpc) is 2.76. The van der Waals surface area contributed by atoms with Gasteiger partial charge in [-0.05, 0) is 41.8 Å². The lowest BCUT2D eigenvalue weighted by molar-refractivity contribution is 0.102. The highest BCUT2D eigenvalue weighted by Crippen LogP contribution is 2.26. The van der Waals surface area contributed by atoms with Gasteiger partial charge in [-0.25, -0.2) is 4.39 Å². The smallest absolute Gasteiger partial charge is 0.257 e. The number of carbonyl (C=O) groups is 1. The normalized spacial score (nSPS) is 10.6. The fourth-order valence-electron chi connectivity index (χ4n) is 3.17. The number of aromatic nitrogens is 1. The molecule has 0 spiro atoms. The maximum Gasteiger partial charge on any atom is 0.257 e. The second kappa shape index (κ2) is 8.07. The van der Waals surface area contributed by atoms with E-state index in [9.17, 15) is 9.18 Å². The zero-order chi connectivity index (χ0) is 20.2. The van der Waals surface area contributed by atoms with E-state index in [1.165, 1.54) is 12.3 Å². The summed E-state index contributed by atoms with van der Waals surface area (Å²) in [5, 5.41) is 2.96. The molecule has 0 atom stereocenters. The minimum Gasteiger partial charge on any atom is -0.322 e. The molecule has 1 aromatic heterocycles. The second-order valence-electron chi connectivity index (χ2n) is 6.79. The van der Waals surface area contributed by atoms with Gasteiger partial charge in [0.05, 0.1) is 5.56 Å². The number of hydrogen-bond donors (Lipinski definition) is 1. The van der Waals surface area contributed by atoms with Gasteiger partial charge in [-0.15, -0.1) is 0 Å². The van der Waals surface area contributed by atoms with Crippen molar-refractivity contribution in [3.63, 3.8) is 0 Å². The van der Waals surface area contributed by atoms with Gasteiger partial charge in [0.1, 0.15) is 5.82 Å².